The quantitative estimate of drug-likeness (QED) is 0.604. The lowest BCUT2D eigenvalue weighted by Gasteiger charge is -2.18. The average Bonchev–Trinajstić information content (AvgIpc) is 2.61. The van der Waals surface area contributed by atoms with Gasteiger partial charge in [0.2, 0.25) is 5.91 Å². The Kier molecular flexibility index (Phi) is 5.08. The molecule has 0 N–H and O–H groups in total. The number of fused-ring (bicyclic) bond motifs is 1. The molecule has 1 amide bonds. The van der Waals surface area contributed by atoms with Crippen molar-refractivity contribution in [3.05, 3.63) is 44.8 Å². The van der Waals surface area contributed by atoms with Gasteiger partial charge in [-0.3, -0.25) is 4.79 Å². The molecule has 8 heteroatoms. The van der Waals surface area contributed by atoms with Crippen LogP contribution in [0.25, 0.3) is 11.0 Å². The van der Waals surface area contributed by atoms with E-state index in [0.29, 0.717) is 28.0 Å². The number of amides is 1. The molecule has 0 bridgehead atoms. The molecule has 7 nitrogen and oxygen atoms in total. The maximum absolute atomic E-state index is 12.2. The number of aryl methyl sites for hydroxylation is 1. The largest absolute Gasteiger partial charge is 0.456 e. The molecule has 26 heavy (non-hydrogen) atoms. The summed E-state index contributed by atoms with van der Waals surface area (Å²) in [5, 5.41) is 6.20. The lowest BCUT2D eigenvalue weighted by atomic mass is 10.1. The van der Waals surface area contributed by atoms with Crippen LogP contribution in [0.5, 0.6) is 0 Å². The SMILES string of the molecule is CCc1cc2oc(=O)cc(COC(=O)C3=NN(C)C(=O)CC3)c2cc1Cl. The van der Waals surface area contributed by atoms with Crippen molar-refractivity contribution in [1.29, 1.82) is 0 Å². The van der Waals surface area contributed by atoms with Gasteiger partial charge in [0.1, 0.15) is 17.9 Å². The highest BCUT2D eigenvalue weighted by Crippen LogP contribution is 2.26. The Hall–Kier alpha value is -2.67. The normalized spacial score (nSPS) is 14.5. The Labute approximate surface area is 154 Å². The minimum atomic E-state index is -0.623. The van der Waals surface area contributed by atoms with Crippen LogP contribution in [-0.4, -0.2) is 29.6 Å². The van der Waals surface area contributed by atoms with Crippen molar-refractivity contribution in [2.24, 2.45) is 5.10 Å². The second-order valence-corrected chi connectivity index (χ2v) is 6.33. The minimum Gasteiger partial charge on any atom is -0.456 e. The van der Waals surface area contributed by atoms with Gasteiger partial charge in [0.25, 0.3) is 0 Å². The summed E-state index contributed by atoms with van der Waals surface area (Å²) in [5.74, 6) is -0.781. The van der Waals surface area contributed by atoms with Crippen LogP contribution in [0.1, 0.15) is 30.9 Å². The molecule has 3 rings (SSSR count). The number of benzene rings is 1. The number of ether oxygens (including phenoxy) is 1. The van der Waals surface area contributed by atoms with Gasteiger partial charge in [-0.2, -0.15) is 5.10 Å². The predicted octanol–water partition coefficient (Wildman–Crippen LogP) is 2.66. The van der Waals surface area contributed by atoms with Gasteiger partial charge >= 0.3 is 11.6 Å². The van der Waals surface area contributed by atoms with E-state index in [2.05, 4.69) is 5.10 Å². The topological polar surface area (TPSA) is 89.2 Å². The molecule has 1 aliphatic heterocycles. The standard InChI is InChI=1S/C18H17ClN2O5/c1-3-10-6-15-12(8-13(10)19)11(7-17(23)26-15)9-25-18(24)14-4-5-16(22)21(2)20-14/h6-8H,3-5,9H2,1-2H3. The summed E-state index contributed by atoms with van der Waals surface area (Å²) in [5.41, 5.74) is 1.39. The predicted molar refractivity (Wildman–Crippen MR) is 96.1 cm³/mol. The molecular formula is C18H17ClN2O5. The van der Waals surface area contributed by atoms with Crippen LogP contribution in [-0.2, 0) is 27.4 Å². The highest BCUT2D eigenvalue weighted by Gasteiger charge is 2.23. The van der Waals surface area contributed by atoms with Gasteiger partial charge in [-0.1, -0.05) is 18.5 Å². The first-order chi connectivity index (χ1) is 12.4. The van der Waals surface area contributed by atoms with E-state index in [-0.39, 0.29) is 31.1 Å². The van der Waals surface area contributed by atoms with Crippen molar-refractivity contribution < 1.29 is 18.7 Å². The number of halogens is 1. The molecule has 0 spiro atoms. The first-order valence-electron chi connectivity index (χ1n) is 8.15. The molecular weight excluding hydrogens is 360 g/mol. The van der Waals surface area contributed by atoms with Crippen molar-refractivity contribution >= 4 is 40.2 Å². The van der Waals surface area contributed by atoms with Crippen molar-refractivity contribution in [2.45, 2.75) is 32.8 Å². The number of carbonyl (C=O) groups excluding carboxylic acids is 2. The van der Waals surface area contributed by atoms with Crippen LogP contribution in [0.3, 0.4) is 0 Å². The number of hydrogen-bond donors (Lipinski definition) is 0. The molecule has 0 radical (unpaired) electrons. The minimum absolute atomic E-state index is 0.126. The number of carbonyl (C=O) groups is 2. The third kappa shape index (κ3) is 3.62. The van der Waals surface area contributed by atoms with Gasteiger partial charge in [-0.05, 0) is 24.1 Å². The summed E-state index contributed by atoms with van der Waals surface area (Å²) in [6.45, 7) is 1.82. The van der Waals surface area contributed by atoms with Gasteiger partial charge < -0.3 is 9.15 Å². The molecule has 2 aromatic rings. The zero-order chi connectivity index (χ0) is 18.8. The second kappa shape index (κ2) is 7.29. The number of nitrogens with zero attached hydrogens (tertiary/aromatic N) is 2. The molecule has 1 aromatic carbocycles. The number of hydrazone groups is 1. The lowest BCUT2D eigenvalue weighted by molar-refractivity contribution is -0.137. The van der Waals surface area contributed by atoms with Crippen LogP contribution >= 0.6 is 11.6 Å². The van der Waals surface area contributed by atoms with E-state index in [9.17, 15) is 14.4 Å². The summed E-state index contributed by atoms with van der Waals surface area (Å²) >= 11 is 6.25. The number of rotatable bonds is 4. The fraction of sp³-hybridized carbons (Fsp3) is 0.333. The lowest BCUT2D eigenvalue weighted by Crippen LogP contribution is -2.32. The van der Waals surface area contributed by atoms with E-state index in [1.165, 1.54) is 13.1 Å². The summed E-state index contributed by atoms with van der Waals surface area (Å²) in [6, 6.07) is 4.69. The van der Waals surface area contributed by atoms with E-state index >= 15 is 0 Å². The van der Waals surface area contributed by atoms with E-state index in [1.54, 1.807) is 12.1 Å². The second-order valence-electron chi connectivity index (χ2n) is 5.92. The first-order valence-corrected chi connectivity index (χ1v) is 8.53. The monoisotopic (exact) mass is 376 g/mol. The molecule has 1 aromatic heterocycles. The molecule has 0 saturated heterocycles. The van der Waals surface area contributed by atoms with E-state index in [0.717, 1.165) is 10.6 Å². The van der Waals surface area contributed by atoms with Gasteiger partial charge in [-0.15, -0.1) is 0 Å². The van der Waals surface area contributed by atoms with Crippen LogP contribution in [0, 0.1) is 0 Å². The van der Waals surface area contributed by atoms with E-state index in [4.69, 9.17) is 20.8 Å². The molecule has 136 valence electrons. The van der Waals surface area contributed by atoms with Crippen LogP contribution in [0.2, 0.25) is 5.02 Å². The molecule has 2 heterocycles. The zero-order valence-corrected chi connectivity index (χ0v) is 15.1. The molecule has 0 atom stereocenters. The fourth-order valence-corrected chi connectivity index (χ4v) is 3.02. The van der Waals surface area contributed by atoms with E-state index in [1.807, 2.05) is 6.92 Å². The Morgan fingerprint density at radius 1 is 1.27 bits per heavy atom. The first kappa shape index (κ1) is 18.1. The van der Waals surface area contributed by atoms with Gasteiger partial charge in [0.15, 0.2) is 0 Å². The maximum Gasteiger partial charge on any atom is 0.354 e. The van der Waals surface area contributed by atoms with Crippen LogP contribution in [0.4, 0.5) is 0 Å². The summed E-state index contributed by atoms with van der Waals surface area (Å²) in [7, 11) is 1.48. The van der Waals surface area contributed by atoms with Gasteiger partial charge in [-0.25, -0.2) is 14.6 Å². The van der Waals surface area contributed by atoms with Crippen molar-refractivity contribution in [2.75, 3.05) is 7.05 Å². The Balaban J connectivity index is 1.86. The van der Waals surface area contributed by atoms with Crippen LogP contribution < -0.4 is 5.63 Å². The maximum atomic E-state index is 12.2. The number of hydrogen-bond acceptors (Lipinski definition) is 6. The summed E-state index contributed by atoms with van der Waals surface area (Å²) in [4.78, 5) is 35.4. The van der Waals surface area contributed by atoms with Gasteiger partial charge in [0, 0.05) is 41.9 Å². The molecule has 0 fully saturated rings. The third-order valence-corrected chi connectivity index (χ3v) is 4.53. The summed E-state index contributed by atoms with van der Waals surface area (Å²) < 4.78 is 10.5. The van der Waals surface area contributed by atoms with Crippen molar-refractivity contribution in [1.82, 2.24) is 5.01 Å². The highest BCUT2D eigenvalue weighted by atomic mass is 35.5. The van der Waals surface area contributed by atoms with Crippen LogP contribution in [0.15, 0.2) is 32.5 Å². The Bertz CT molecular complexity index is 979. The summed E-state index contributed by atoms with van der Waals surface area (Å²) in [6.07, 6.45) is 1.13. The molecule has 0 unspecified atom stereocenters. The van der Waals surface area contributed by atoms with E-state index < -0.39 is 11.6 Å². The van der Waals surface area contributed by atoms with Gasteiger partial charge in [0.05, 0.1) is 0 Å². The molecule has 0 aliphatic carbocycles. The molecule has 0 saturated carbocycles. The average molecular weight is 377 g/mol. The number of esters is 1. The Morgan fingerprint density at radius 3 is 2.73 bits per heavy atom. The third-order valence-electron chi connectivity index (χ3n) is 4.18. The fourth-order valence-electron chi connectivity index (χ4n) is 2.72. The van der Waals surface area contributed by atoms with Crippen molar-refractivity contribution in [3.63, 3.8) is 0 Å². The highest BCUT2D eigenvalue weighted by molar-refractivity contribution is 6.37. The molecule has 1 aliphatic rings. The zero-order valence-electron chi connectivity index (χ0n) is 14.4. The van der Waals surface area contributed by atoms with Crippen molar-refractivity contribution in [3.8, 4) is 0 Å². The smallest absolute Gasteiger partial charge is 0.354 e. The Morgan fingerprint density at radius 2 is 2.04 bits per heavy atom.